The first-order valence-electron chi connectivity index (χ1n) is 15.0. The van der Waals surface area contributed by atoms with E-state index in [1.807, 2.05) is 27.7 Å². The second kappa shape index (κ2) is 27.6. The number of hydrogen-bond donors (Lipinski definition) is 0. The van der Waals surface area contributed by atoms with Crippen molar-refractivity contribution in [2.24, 2.45) is 11.8 Å². The first-order chi connectivity index (χ1) is 18.4. The Labute approximate surface area is 303 Å². The van der Waals surface area contributed by atoms with Crippen LogP contribution in [0.2, 0.25) is 0 Å². The fourth-order valence-electron chi connectivity index (χ4n) is 4.74. The molecule has 2 heteroatoms. The largest absolute Gasteiger partial charge is 3.00 e. The summed E-state index contributed by atoms with van der Waals surface area (Å²) in [6.07, 6.45) is 16.9. The van der Waals surface area contributed by atoms with Gasteiger partial charge in [0.2, 0.25) is 0 Å². The van der Waals surface area contributed by atoms with Gasteiger partial charge in [-0.2, -0.15) is 0 Å². The Morgan fingerprint density at radius 3 is 1.31 bits per heavy atom. The van der Waals surface area contributed by atoms with E-state index in [2.05, 4.69) is 121 Å². The maximum absolute atomic E-state index is 2.32. The molecule has 0 saturated heterocycles. The second-order valence-electron chi connectivity index (χ2n) is 10.4. The Kier molecular flexibility index (Phi) is 31.5. The molecule has 3 aliphatic rings. The molecule has 0 amide bonds. The first-order valence-corrected chi connectivity index (χ1v) is 15.0. The zero-order valence-electron chi connectivity index (χ0n) is 29.2. The number of benzene rings is 2. The summed E-state index contributed by atoms with van der Waals surface area (Å²) in [7, 11) is 0. The van der Waals surface area contributed by atoms with Crippen molar-refractivity contribution in [3.63, 3.8) is 0 Å². The summed E-state index contributed by atoms with van der Waals surface area (Å²) in [5.41, 5.74) is 12.1. The van der Waals surface area contributed by atoms with E-state index in [9.17, 15) is 0 Å². The third-order valence-electron chi connectivity index (χ3n) is 7.37. The maximum atomic E-state index is 2.32. The van der Waals surface area contributed by atoms with Crippen molar-refractivity contribution in [1.82, 2.24) is 0 Å². The smallest absolute Gasteiger partial charge is 0.358 e. The van der Waals surface area contributed by atoms with Crippen molar-refractivity contribution in [3.8, 4) is 0 Å². The van der Waals surface area contributed by atoms with Gasteiger partial charge >= 0.3 is 32.7 Å². The van der Waals surface area contributed by atoms with Gasteiger partial charge in [0.05, 0.1) is 0 Å². The molecule has 0 saturated carbocycles. The summed E-state index contributed by atoms with van der Waals surface area (Å²) >= 11 is 0. The first kappa shape index (κ1) is 48.0. The third-order valence-corrected chi connectivity index (χ3v) is 7.37. The summed E-state index contributed by atoms with van der Waals surface area (Å²) in [6, 6.07) is 17.6. The maximum Gasteiger partial charge on any atom is 3.00 e. The minimum absolute atomic E-state index is 0. The Hall–Kier alpha value is -0.938. The molecule has 230 valence electrons. The van der Waals surface area contributed by atoms with Crippen molar-refractivity contribution in [1.29, 1.82) is 0 Å². The average molecular weight is 815 g/mol. The van der Waals surface area contributed by atoms with Crippen LogP contribution in [0, 0.1) is 33.1 Å². The van der Waals surface area contributed by atoms with E-state index in [1.54, 1.807) is 5.57 Å². The van der Waals surface area contributed by atoms with Crippen molar-refractivity contribution in [3.05, 3.63) is 139 Å². The van der Waals surface area contributed by atoms with Crippen LogP contribution in [0.4, 0.5) is 0 Å². The monoisotopic (exact) mass is 814 g/mol. The Balaban J connectivity index is -0.000000241. The quantitative estimate of drug-likeness (QED) is 0.271. The molecule has 1 unspecified atom stereocenters. The summed E-state index contributed by atoms with van der Waals surface area (Å²) in [4.78, 5) is 0. The third kappa shape index (κ3) is 16.8. The van der Waals surface area contributed by atoms with Crippen LogP contribution in [0.15, 0.2) is 95.1 Å². The van der Waals surface area contributed by atoms with Gasteiger partial charge in [0.25, 0.3) is 0 Å². The van der Waals surface area contributed by atoms with Gasteiger partial charge in [0.1, 0.15) is 0 Å². The van der Waals surface area contributed by atoms with E-state index in [4.69, 9.17) is 0 Å². The van der Waals surface area contributed by atoms with Crippen LogP contribution in [0.25, 0.3) is 0 Å². The summed E-state index contributed by atoms with van der Waals surface area (Å²) in [6.45, 7) is 21.4. The molecule has 5 rings (SSSR count). The standard InChI is InChI=1S/C15H14.C11H18.C8H11.2C2H6.2CH3.W.Y/c1-3-7-14-11-15-8-4-2-6-13(15)10-9-12(14)5-1;1-8(2)10(4)11-6-5-9(3)7-11;1-3-8-5-4-7(2)6-8;2*1-2;;;;/h1-8H,9-11H2;5-6,8,10H,7H2,1-4H3;3-5H,6H2,1-2H3;2*1-2H3;2*1H3;;/q;;-1;;;2*-1;;+3. The molecule has 0 spiro atoms. The van der Waals surface area contributed by atoms with Crippen LogP contribution in [-0.2, 0) is 73.0 Å². The van der Waals surface area contributed by atoms with Gasteiger partial charge in [-0.05, 0) is 80.0 Å². The van der Waals surface area contributed by atoms with Crippen molar-refractivity contribution in [2.75, 3.05) is 0 Å². The average Bonchev–Trinajstić information content (AvgIpc) is 3.53. The van der Waals surface area contributed by atoms with Gasteiger partial charge in [-0.1, -0.05) is 126 Å². The molecule has 0 nitrogen and oxygen atoms in total. The fourth-order valence-corrected chi connectivity index (χ4v) is 4.74. The van der Waals surface area contributed by atoms with E-state index in [0.29, 0.717) is 0 Å². The number of hydrogen-bond acceptors (Lipinski definition) is 0. The Morgan fingerprint density at radius 1 is 0.595 bits per heavy atom. The van der Waals surface area contributed by atoms with Crippen LogP contribution in [0.5, 0.6) is 0 Å². The van der Waals surface area contributed by atoms with Crippen molar-refractivity contribution >= 4 is 0 Å². The predicted molar refractivity (Wildman–Crippen MR) is 186 cm³/mol. The van der Waals surface area contributed by atoms with Crippen LogP contribution >= 0.6 is 0 Å². The second-order valence-corrected chi connectivity index (χ2v) is 10.4. The number of fused-ring (bicyclic) bond motifs is 2. The molecule has 0 aromatic heterocycles. The molecule has 0 fully saturated rings. The van der Waals surface area contributed by atoms with Gasteiger partial charge in [0.15, 0.2) is 0 Å². The molecule has 0 radical (unpaired) electrons. The van der Waals surface area contributed by atoms with Gasteiger partial charge in [-0.15, -0.1) is 13.0 Å². The van der Waals surface area contributed by atoms with Gasteiger partial charge < -0.3 is 14.9 Å². The summed E-state index contributed by atoms with van der Waals surface area (Å²) < 4.78 is 0. The van der Waals surface area contributed by atoms with Crippen LogP contribution < -0.4 is 0 Å². The normalized spacial score (nSPS) is 13.9. The van der Waals surface area contributed by atoms with E-state index >= 15 is 0 Å². The van der Waals surface area contributed by atoms with E-state index in [0.717, 1.165) is 24.7 Å². The molecule has 2 aromatic carbocycles. The zero-order valence-corrected chi connectivity index (χ0v) is 35.0. The van der Waals surface area contributed by atoms with Crippen LogP contribution in [-0.4, -0.2) is 0 Å². The number of aryl methyl sites for hydroxylation is 2. The SMILES string of the molecule is CC.CC.CC1=CC=C(C(C)C(C)C)C1.C[CH-]C1=CC=C(C)C1.[CH3-].[CH3-].[W].[Y+3].c1ccc2c(c1)CCc1ccccc1C2. The predicted octanol–water partition coefficient (Wildman–Crippen LogP) is 12.4. The van der Waals surface area contributed by atoms with Gasteiger partial charge in [-0.3, -0.25) is 0 Å². The summed E-state index contributed by atoms with van der Waals surface area (Å²) in [5.74, 6) is 1.53. The Morgan fingerprint density at radius 2 is 1.00 bits per heavy atom. The van der Waals surface area contributed by atoms with Crippen molar-refractivity contribution in [2.45, 2.75) is 101 Å². The fraction of sp³-hybridized carbons (Fsp3) is 0.425. The molecule has 3 aliphatic carbocycles. The molecular weight excluding hydrogens is 753 g/mol. The van der Waals surface area contributed by atoms with Crippen LogP contribution in [0.1, 0.15) is 104 Å². The molecule has 1 atom stereocenters. The van der Waals surface area contributed by atoms with E-state index < -0.39 is 0 Å². The molecule has 42 heavy (non-hydrogen) atoms. The molecule has 0 N–H and O–H groups in total. The molecule has 2 aromatic rings. The number of rotatable bonds is 3. The van der Waals surface area contributed by atoms with Gasteiger partial charge in [0, 0.05) is 21.1 Å². The van der Waals surface area contributed by atoms with E-state index in [1.165, 1.54) is 58.2 Å². The molecule has 0 bridgehead atoms. The Bertz CT molecular complexity index is 1040. The topological polar surface area (TPSA) is 0 Å². The molecule has 0 heterocycles. The van der Waals surface area contributed by atoms with E-state index in [-0.39, 0.29) is 68.6 Å². The van der Waals surface area contributed by atoms with Crippen LogP contribution in [0.3, 0.4) is 0 Å². The minimum Gasteiger partial charge on any atom is -0.358 e. The number of allylic oxidation sites excluding steroid dienone is 8. The summed E-state index contributed by atoms with van der Waals surface area (Å²) in [5, 5.41) is 0. The van der Waals surface area contributed by atoms with Crippen molar-refractivity contribution < 1.29 is 53.8 Å². The molecule has 0 aliphatic heterocycles. The zero-order chi connectivity index (χ0) is 28.5. The minimum atomic E-state index is 0. The van der Waals surface area contributed by atoms with Gasteiger partial charge in [-0.25, -0.2) is 18.1 Å². The molecular formula is C40H61WY.